The van der Waals surface area contributed by atoms with E-state index in [9.17, 15) is 9.90 Å². The van der Waals surface area contributed by atoms with Crippen LogP contribution in [-0.4, -0.2) is 16.1 Å². The second-order valence-corrected chi connectivity index (χ2v) is 6.39. The number of carboxylic acids is 1. The maximum Gasteiger partial charge on any atom is 0.306 e. The lowest BCUT2D eigenvalue weighted by Crippen LogP contribution is -2.32. The van der Waals surface area contributed by atoms with Crippen LogP contribution in [0.25, 0.3) is 0 Å². The Kier molecular flexibility index (Phi) is 5.77. The van der Waals surface area contributed by atoms with Crippen LogP contribution in [0.5, 0.6) is 0 Å². The maximum absolute atomic E-state index is 11.5. The summed E-state index contributed by atoms with van der Waals surface area (Å²) >= 11 is 0. The van der Waals surface area contributed by atoms with Gasteiger partial charge in [0.1, 0.15) is 0 Å². The monoisotopic (exact) mass is 289 g/mol. The molecule has 0 bridgehead atoms. The molecule has 116 valence electrons. The van der Waals surface area contributed by atoms with Gasteiger partial charge in [-0.05, 0) is 55.6 Å². The summed E-state index contributed by atoms with van der Waals surface area (Å²) in [5, 5.41) is 9.46. The zero-order valence-corrected chi connectivity index (χ0v) is 13.2. The number of aromatic nitrogens is 1. The highest BCUT2D eigenvalue weighted by Gasteiger charge is 2.34. The van der Waals surface area contributed by atoms with Crippen LogP contribution in [0.1, 0.15) is 57.2 Å². The van der Waals surface area contributed by atoms with E-state index in [4.69, 9.17) is 0 Å². The fraction of sp³-hybridized carbons (Fsp3) is 0.667. The number of aliphatic carboxylic acids is 1. The van der Waals surface area contributed by atoms with Crippen molar-refractivity contribution >= 4 is 5.97 Å². The minimum atomic E-state index is -0.625. The molecule has 1 aliphatic rings. The molecule has 21 heavy (non-hydrogen) atoms. The first kappa shape index (κ1) is 16.0. The average molecular weight is 289 g/mol. The van der Waals surface area contributed by atoms with Gasteiger partial charge in [0.05, 0.1) is 5.92 Å². The van der Waals surface area contributed by atoms with Crippen molar-refractivity contribution in [3.63, 3.8) is 0 Å². The van der Waals surface area contributed by atoms with E-state index in [-0.39, 0.29) is 11.8 Å². The van der Waals surface area contributed by atoms with Crippen LogP contribution in [0.15, 0.2) is 18.3 Å². The standard InChI is InChI=1S/C18H27NO2/c1-3-5-14-7-9-17(18(20)21)15(10-14)11-16-8-6-13(4-2)12-19-16/h6,8,12,14-15,17H,3-5,7,9-11H2,1-2H3,(H,20,21). The van der Waals surface area contributed by atoms with Crippen molar-refractivity contribution < 1.29 is 9.90 Å². The zero-order chi connectivity index (χ0) is 15.2. The van der Waals surface area contributed by atoms with Gasteiger partial charge >= 0.3 is 5.97 Å². The SMILES string of the molecule is CCCC1CCC(C(=O)O)C(Cc2ccc(CC)cn2)C1. The highest BCUT2D eigenvalue weighted by atomic mass is 16.4. The molecule has 3 unspecified atom stereocenters. The zero-order valence-electron chi connectivity index (χ0n) is 13.2. The summed E-state index contributed by atoms with van der Waals surface area (Å²) in [7, 11) is 0. The molecule has 1 N–H and O–H groups in total. The van der Waals surface area contributed by atoms with Gasteiger partial charge in [0.15, 0.2) is 0 Å². The summed E-state index contributed by atoms with van der Waals surface area (Å²) < 4.78 is 0. The quantitative estimate of drug-likeness (QED) is 0.857. The van der Waals surface area contributed by atoms with E-state index in [2.05, 4.69) is 31.0 Å². The molecule has 1 aromatic heterocycles. The largest absolute Gasteiger partial charge is 0.481 e. The Balaban J connectivity index is 2.05. The van der Waals surface area contributed by atoms with Gasteiger partial charge in [0, 0.05) is 11.9 Å². The first-order chi connectivity index (χ1) is 10.1. The average Bonchev–Trinajstić information content (AvgIpc) is 2.48. The van der Waals surface area contributed by atoms with Crippen molar-refractivity contribution in [3.8, 4) is 0 Å². The third-order valence-corrected chi connectivity index (χ3v) is 4.87. The van der Waals surface area contributed by atoms with Gasteiger partial charge in [-0.15, -0.1) is 0 Å². The fourth-order valence-corrected chi connectivity index (χ4v) is 3.64. The van der Waals surface area contributed by atoms with Gasteiger partial charge in [-0.25, -0.2) is 0 Å². The normalized spacial score (nSPS) is 25.7. The summed E-state index contributed by atoms with van der Waals surface area (Å²) in [5.74, 6) is 0.129. The molecule has 0 spiro atoms. The van der Waals surface area contributed by atoms with E-state index in [1.807, 2.05) is 6.20 Å². The number of pyridine rings is 1. The second-order valence-electron chi connectivity index (χ2n) is 6.39. The maximum atomic E-state index is 11.5. The Morgan fingerprint density at radius 2 is 2.14 bits per heavy atom. The minimum Gasteiger partial charge on any atom is -0.481 e. The lowest BCUT2D eigenvalue weighted by Gasteiger charge is -2.34. The minimum absolute atomic E-state index is 0.189. The number of hydrogen-bond donors (Lipinski definition) is 1. The molecular weight excluding hydrogens is 262 g/mol. The molecule has 3 nitrogen and oxygen atoms in total. The van der Waals surface area contributed by atoms with Crippen molar-refractivity contribution in [1.82, 2.24) is 4.98 Å². The number of nitrogens with zero attached hydrogens (tertiary/aromatic N) is 1. The van der Waals surface area contributed by atoms with E-state index >= 15 is 0 Å². The van der Waals surface area contributed by atoms with E-state index in [0.29, 0.717) is 5.92 Å². The van der Waals surface area contributed by atoms with Crippen molar-refractivity contribution in [1.29, 1.82) is 0 Å². The molecule has 0 amide bonds. The van der Waals surface area contributed by atoms with Crippen LogP contribution in [0, 0.1) is 17.8 Å². The first-order valence-corrected chi connectivity index (χ1v) is 8.30. The number of hydrogen-bond acceptors (Lipinski definition) is 2. The number of carboxylic acid groups (broad SMARTS) is 1. The Bertz CT molecular complexity index is 455. The first-order valence-electron chi connectivity index (χ1n) is 8.30. The summed E-state index contributed by atoms with van der Waals surface area (Å²) in [6, 6.07) is 4.19. The molecule has 1 saturated carbocycles. The van der Waals surface area contributed by atoms with Gasteiger partial charge in [0.25, 0.3) is 0 Å². The second kappa shape index (κ2) is 7.58. The van der Waals surface area contributed by atoms with Crippen LogP contribution in [0.3, 0.4) is 0 Å². The third-order valence-electron chi connectivity index (χ3n) is 4.87. The molecule has 1 aliphatic carbocycles. The Hall–Kier alpha value is -1.38. The van der Waals surface area contributed by atoms with Crippen LogP contribution < -0.4 is 0 Å². The van der Waals surface area contributed by atoms with E-state index < -0.39 is 5.97 Å². The predicted octanol–water partition coefficient (Wildman–Crippen LogP) is 4.10. The number of rotatable bonds is 6. The lowest BCUT2D eigenvalue weighted by molar-refractivity contribution is -0.145. The van der Waals surface area contributed by atoms with Crippen molar-refractivity contribution in [2.75, 3.05) is 0 Å². The predicted molar refractivity (Wildman–Crippen MR) is 84.2 cm³/mol. The van der Waals surface area contributed by atoms with Crippen LogP contribution in [0.2, 0.25) is 0 Å². The molecule has 3 heteroatoms. The van der Waals surface area contributed by atoms with Crippen LogP contribution >= 0.6 is 0 Å². The Morgan fingerprint density at radius 1 is 1.33 bits per heavy atom. The molecular formula is C18H27NO2. The highest BCUT2D eigenvalue weighted by Crippen LogP contribution is 2.38. The molecule has 1 aromatic rings. The smallest absolute Gasteiger partial charge is 0.306 e. The number of carbonyl (C=O) groups is 1. The molecule has 0 aliphatic heterocycles. The topological polar surface area (TPSA) is 50.2 Å². The summed E-state index contributed by atoms with van der Waals surface area (Å²) in [6.45, 7) is 4.33. The molecule has 1 heterocycles. The number of aryl methyl sites for hydroxylation is 1. The van der Waals surface area contributed by atoms with Crippen molar-refractivity contribution in [2.45, 2.75) is 58.8 Å². The van der Waals surface area contributed by atoms with Gasteiger partial charge in [-0.2, -0.15) is 0 Å². The van der Waals surface area contributed by atoms with Gasteiger partial charge in [-0.3, -0.25) is 9.78 Å². The van der Waals surface area contributed by atoms with E-state index in [1.54, 1.807) is 0 Å². The van der Waals surface area contributed by atoms with Crippen LogP contribution in [-0.2, 0) is 17.6 Å². The van der Waals surface area contributed by atoms with Gasteiger partial charge in [-0.1, -0.05) is 32.8 Å². The highest BCUT2D eigenvalue weighted by molar-refractivity contribution is 5.70. The van der Waals surface area contributed by atoms with Crippen molar-refractivity contribution in [3.05, 3.63) is 29.6 Å². The van der Waals surface area contributed by atoms with Gasteiger partial charge in [0.2, 0.25) is 0 Å². The third kappa shape index (κ3) is 4.29. The Labute approximate surface area is 127 Å². The molecule has 3 atom stereocenters. The molecule has 0 radical (unpaired) electrons. The van der Waals surface area contributed by atoms with Crippen molar-refractivity contribution in [2.24, 2.45) is 17.8 Å². The molecule has 0 aromatic carbocycles. The van der Waals surface area contributed by atoms with Gasteiger partial charge < -0.3 is 5.11 Å². The molecule has 0 saturated heterocycles. The fourth-order valence-electron chi connectivity index (χ4n) is 3.64. The Morgan fingerprint density at radius 3 is 2.71 bits per heavy atom. The van der Waals surface area contributed by atoms with E-state index in [1.165, 1.54) is 18.4 Å². The van der Waals surface area contributed by atoms with Crippen LogP contribution in [0.4, 0.5) is 0 Å². The summed E-state index contributed by atoms with van der Waals surface area (Å²) in [5.41, 5.74) is 2.28. The summed E-state index contributed by atoms with van der Waals surface area (Å²) in [4.78, 5) is 16.0. The summed E-state index contributed by atoms with van der Waals surface area (Å²) in [6.07, 6.45) is 9.10. The van der Waals surface area contributed by atoms with E-state index in [0.717, 1.165) is 37.8 Å². The lowest BCUT2D eigenvalue weighted by atomic mass is 9.71. The molecule has 2 rings (SSSR count). The molecule has 1 fully saturated rings.